The lowest BCUT2D eigenvalue weighted by Gasteiger charge is -2.36. The monoisotopic (exact) mass is 487 g/mol. The van der Waals surface area contributed by atoms with Crippen molar-refractivity contribution in [2.24, 2.45) is 0 Å². The molecule has 0 aliphatic carbocycles. The van der Waals surface area contributed by atoms with Crippen LogP contribution in [0.15, 0.2) is 34.5 Å². The highest BCUT2D eigenvalue weighted by molar-refractivity contribution is 7.89. The number of piperazine rings is 1. The van der Waals surface area contributed by atoms with E-state index in [1.807, 2.05) is 0 Å². The molecule has 7 nitrogen and oxygen atoms in total. The maximum absolute atomic E-state index is 14.0. The lowest BCUT2D eigenvalue weighted by molar-refractivity contribution is -0.136. The summed E-state index contributed by atoms with van der Waals surface area (Å²) < 4.78 is 67.1. The zero-order valence-corrected chi connectivity index (χ0v) is 18.5. The number of benzene rings is 1. The number of carbonyl (C=O) groups excluding carboxylic acids is 2. The van der Waals surface area contributed by atoms with E-state index in [4.69, 9.17) is 0 Å². The second-order valence-corrected chi connectivity index (χ2v) is 10.4. The molecule has 0 spiro atoms. The van der Waals surface area contributed by atoms with Gasteiger partial charge in [-0.1, -0.05) is 6.07 Å². The molecule has 1 unspecified atom stereocenters. The fourth-order valence-corrected chi connectivity index (χ4v) is 6.17. The van der Waals surface area contributed by atoms with Crippen LogP contribution in [0.2, 0.25) is 0 Å². The molecule has 0 radical (unpaired) electrons. The van der Waals surface area contributed by atoms with E-state index in [2.05, 4.69) is 0 Å². The minimum Gasteiger partial charge on any atom is -0.338 e. The molecule has 0 saturated carbocycles. The van der Waals surface area contributed by atoms with E-state index >= 15 is 0 Å². The number of halogens is 3. The molecule has 2 aromatic rings. The third kappa shape index (κ3) is 4.02. The maximum Gasteiger partial charge on any atom is 0.264 e. The van der Waals surface area contributed by atoms with Crippen LogP contribution >= 0.6 is 11.3 Å². The average Bonchev–Trinajstić information content (AvgIpc) is 3.49. The molecule has 1 aromatic heterocycles. The van der Waals surface area contributed by atoms with Gasteiger partial charge in [-0.05, 0) is 36.4 Å². The van der Waals surface area contributed by atoms with Gasteiger partial charge in [-0.15, -0.1) is 11.3 Å². The van der Waals surface area contributed by atoms with E-state index in [9.17, 15) is 31.2 Å². The Morgan fingerprint density at radius 1 is 0.969 bits per heavy atom. The van der Waals surface area contributed by atoms with Gasteiger partial charge in [-0.25, -0.2) is 21.6 Å². The number of nitrogens with zero attached hydrogens (tertiary/aromatic N) is 3. The molecule has 4 rings (SSSR count). The van der Waals surface area contributed by atoms with E-state index < -0.39 is 38.4 Å². The standard InChI is InChI=1S/C20H20F3N3O4S2/c21-13-5-6-16(18(23)17(13)22)32(29,30)25-10-8-24(9-11-25)19(27)14-3-1-7-26(14)20(28)15-4-2-12-31-15/h2,4-6,12,14H,1,3,7-11H2. The Bertz CT molecular complexity index is 1130. The number of hydrogen-bond donors (Lipinski definition) is 0. The maximum atomic E-state index is 14.0. The smallest absolute Gasteiger partial charge is 0.264 e. The molecule has 1 aromatic carbocycles. The number of amides is 2. The van der Waals surface area contributed by atoms with Crippen LogP contribution in [-0.4, -0.2) is 73.1 Å². The van der Waals surface area contributed by atoms with Gasteiger partial charge in [0, 0.05) is 32.7 Å². The average molecular weight is 488 g/mol. The number of rotatable bonds is 4. The Labute approximate surface area is 187 Å². The van der Waals surface area contributed by atoms with E-state index in [1.54, 1.807) is 22.4 Å². The van der Waals surface area contributed by atoms with Crippen LogP contribution in [0, 0.1) is 17.5 Å². The molecule has 3 heterocycles. The lowest BCUT2D eigenvalue weighted by Crippen LogP contribution is -2.55. The fraction of sp³-hybridized carbons (Fsp3) is 0.400. The summed E-state index contributed by atoms with van der Waals surface area (Å²) in [5.74, 6) is -5.56. The number of hydrogen-bond acceptors (Lipinski definition) is 5. The van der Waals surface area contributed by atoms with Crippen LogP contribution in [0.4, 0.5) is 13.2 Å². The molecule has 0 N–H and O–H groups in total. The molecular formula is C20H20F3N3O4S2. The number of carbonyl (C=O) groups is 2. The van der Waals surface area contributed by atoms with Crippen molar-refractivity contribution < 1.29 is 31.2 Å². The molecule has 32 heavy (non-hydrogen) atoms. The largest absolute Gasteiger partial charge is 0.338 e. The lowest BCUT2D eigenvalue weighted by atomic mass is 10.1. The highest BCUT2D eigenvalue weighted by Gasteiger charge is 2.39. The third-order valence-electron chi connectivity index (χ3n) is 5.70. The van der Waals surface area contributed by atoms with Gasteiger partial charge in [0.2, 0.25) is 15.9 Å². The van der Waals surface area contributed by atoms with Gasteiger partial charge < -0.3 is 9.80 Å². The van der Waals surface area contributed by atoms with Crippen LogP contribution in [0.5, 0.6) is 0 Å². The molecular weight excluding hydrogens is 467 g/mol. The second kappa shape index (κ2) is 8.83. The Balaban J connectivity index is 1.44. The first-order chi connectivity index (χ1) is 15.2. The van der Waals surface area contributed by atoms with Crippen molar-refractivity contribution in [3.05, 3.63) is 52.0 Å². The first kappa shape index (κ1) is 22.7. The third-order valence-corrected chi connectivity index (χ3v) is 8.47. The summed E-state index contributed by atoms with van der Waals surface area (Å²) in [5, 5.41) is 1.79. The molecule has 2 amide bonds. The molecule has 2 saturated heterocycles. The van der Waals surface area contributed by atoms with Crippen LogP contribution in [-0.2, 0) is 14.8 Å². The molecule has 2 aliphatic heterocycles. The van der Waals surface area contributed by atoms with Crippen molar-refractivity contribution in [3.63, 3.8) is 0 Å². The van der Waals surface area contributed by atoms with Crippen LogP contribution in [0.25, 0.3) is 0 Å². The second-order valence-electron chi connectivity index (χ2n) is 7.54. The quantitative estimate of drug-likeness (QED) is 0.621. The topological polar surface area (TPSA) is 78.0 Å². The minimum absolute atomic E-state index is 0.0426. The first-order valence-electron chi connectivity index (χ1n) is 9.98. The Kier molecular flexibility index (Phi) is 6.28. The van der Waals surface area contributed by atoms with Crippen LogP contribution in [0.3, 0.4) is 0 Å². The molecule has 2 aliphatic rings. The predicted molar refractivity (Wildman–Crippen MR) is 110 cm³/mol. The zero-order chi connectivity index (χ0) is 23.0. The highest BCUT2D eigenvalue weighted by atomic mass is 32.2. The molecule has 12 heteroatoms. The van der Waals surface area contributed by atoms with Gasteiger partial charge in [-0.2, -0.15) is 4.31 Å². The zero-order valence-electron chi connectivity index (χ0n) is 16.8. The van der Waals surface area contributed by atoms with Crippen molar-refractivity contribution in [2.75, 3.05) is 32.7 Å². The fourth-order valence-electron chi connectivity index (χ4n) is 4.01. The van der Waals surface area contributed by atoms with Crippen molar-refractivity contribution in [2.45, 2.75) is 23.8 Å². The summed E-state index contributed by atoms with van der Waals surface area (Å²) in [4.78, 5) is 28.4. The molecule has 0 bridgehead atoms. The normalized spacial score (nSPS) is 20.0. The Morgan fingerprint density at radius 3 is 2.34 bits per heavy atom. The summed E-state index contributed by atoms with van der Waals surface area (Å²) >= 11 is 1.30. The summed E-state index contributed by atoms with van der Waals surface area (Å²) in [5.41, 5.74) is 0. The van der Waals surface area contributed by atoms with Crippen LogP contribution in [0.1, 0.15) is 22.5 Å². The van der Waals surface area contributed by atoms with Crippen molar-refractivity contribution >= 4 is 33.2 Å². The molecule has 172 valence electrons. The predicted octanol–water partition coefficient (Wildman–Crippen LogP) is 2.30. The van der Waals surface area contributed by atoms with Gasteiger partial charge in [-0.3, -0.25) is 9.59 Å². The Hall–Kier alpha value is -2.44. The van der Waals surface area contributed by atoms with Gasteiger partial charge in [0.25, 0.3) is 5.91 Å². The van der Waals surface area contributed by atoms with E-state index in [0.29, 0.717) is 36.4 Å². The van der Waals surface area contributed by atoms with Crippen LogP contribution < -0.4 is 0 Å². The van der Waals surface area contributed by atoms with Gasteiger partial charge >= 0.3 is 0 Å². The highest BCUT2D eigenvalue weighted by Crippen LogP contribution is 2.26. The Morgan fingerprint density at radius 2 is 1.69 bits per heavy atom. The molecule has 2 fully saturated rings. The van der Waals surface area contributed by atoms with Crippen molar-refractivity contribution in [1.29, 1.82) is 0 Å². The number of thiophene rings is 1. The van der Waals surface area contributed by atoms with Crippen molar-refractivity contribution in [1.82, 2.24) is 14.1 Å². The van der Waals surface area contributed by atoms with E-state index in [1.165, 1.54) is 16.2 Å². The minimum atomic E-state index is -4.40. The number of likely N-dealkylation sites (tertiary alicyclic amines) is 1. The molecule has 1 atom stereocenters. The van der Waals surface area contributed by atoms with E-state index in [-0.39, 0.29) is 38.0 Å². The van der Waals surface area contributed by atoms with Gasteiger partial charge in [0.05, 0.1) is 4.88 Å². The summed E-state index contributed by atoms with van der Waals surface area (Å²) in [6.07, 6.45) is 1.21. The van der Waals surface area contributed by atoms with E-state index in [0.717, 1.165) is 4.31 Å². The first-order valence-corrected chi connectivity index (χ1v) is 12.3. The number of sulfonamides is 1. The van der Waals surface area contributed by atoms with Gasteiger partial charge in [0.1, 0.15) is 10.9 Å². The van der Waals surface area contributed by atoms with Gasteiger partial charge in [0.15, 0.2) is 17.5 Å². The summed E-state index contributed by atoms with van der Waals surface area (Å²) in [6, 6.07) is 4.10. The summed E-state index contributed by atoms with van der Waals surface area (Å²) in [6.45, 7) is 0.300. The summed E-state index contributed by atoms with van der Waals surface area (Å²) in [7, 11) is -4.40. The van der Waals surface area contributed by atoms with Crippen molar-refractivity contribution in [3.8, 4) is 0 Å². The SMILES string of the molecule is O=C(C1CCCN1C(=O)c1cccs1)N1CCN(S(=O)(=O)c2ccc(F)c(F)c2F)CC1.